The van der Waals surface area contributed by atoms with Crippen LogP contribution in [0.2, 0.25) is 0 Å². The van der Waals surface area contributed by atoms with Crippen LogP contribution in [0.1, 0.15) is 40.6 Å². The summed E-state index contributed by atoms with van der Waals surface area (Å²) < 4.78 is 0. The number of fused-ring (bicyclic) bond motifs is 1. The maximum atomic E-state index is 13.1. The van der Waals surface area contributed by atoms with Crippen LogP contribution >= 0.6 is 0 Å². The largest absolute Gasteiger partial charge is 0.373 e. The maximum Gasteiger partial charge on any atom is 0.254 e. The molecule has 0 aliphatic carbocycles. The molecule has 0 saturated carbocycles. The molecule has 4 rings (SSSR count). The lowest BCUT2D eigenvalue weighted by Gasteiger charge is -2.25. The van der Waals surface area contributed by atoms with Crippen LogP contribution in [0.15, 0.2) is 36.5 Å². The van der Waals surface area contributed by atoms with Gasteiger partial charge in [0.2, 0.25) is 0 Å². The van der Waals surface area contributed by atoms with E-state index in [4.69, 9.17) is 0 Å². The number of aromatic amines is 1. The molecule has 25 heavy (non-hydrogen) atoms. The summed E-state index contributed by atoms with van der Waals surface area (Å²) in [7, 11) is 1.85. The van der Waals surface area contributed by atoms with Crippen molar-refractivity contribution in [2.75, 3.05) is 18.9 Å². The van der Waals surface area contributed by atoms with Crippen molar-refractivity contribution in [2.45, 2.75) is 25.8 Å². The fourth-order valence-corrected chi connectivity index (χ4v) is 3.58. The van der Waals surface area contributed by atoms with Crippen molar-refractivity contribution in [1.29, 1.82) is 0 Å². The number of pyridine rings is 1. The molecule has 2 N–H and O–H groups in total. The number of likely N-dealkylation sites (tertiary alicyclic amines) is 1. The summed E-state index contributed by atoms with van der Waals surface area (Å²) in [6.07, 6.45) is 3.78. The standard InChI is InChI=1S/C19H21N5O/c1-12-22-15-6-5-14(10-16(15)23-12)19(25)24-9-3-4-17(24)13-7-8-21-18(11-13)20-2/h5-8,10-11,17H,3-4,9H2,1-2H3,(H,20,21)(H,22,23)/t17-/m1/s1. The number of H-pyrrole nitrogens is 1. The van der Waals surface area contributed by atoms with Gasteiger partial charge in [0.25, 0.3) is 5.91 Å². The number of aromatic nitrogens is 3. The van der Waals surface area contributed by atoms with Crippen LogP contribution in [-0.4, -0.2) is 39.4 Å². The third-order valence-corrected chi connectivity index (χ3v) is 4.79. The zero-order chi connectivity index (χ0) is 17.4. The third-order valence-electron chi connectivity index (χ3n) is 4.79. The average molecular weight is 335 g/mol. The number of rotatable bonds is 3. The van der Waals surface area contributed by atoms with Gasteiger partial charge in [-0.3, -0.25) is 4.79 Å². The predicted molar refractivity (Wildman–Crippen MR) is 97.6 cm³/mol. The molecule has 0 unspecified atom stereocenters. The summed E-state index contributed by atoms with van der Waals surface area (Å²) in [5.41, 5.74) is 3.62. The minimum atomic E-state index is 0.0690. The second kappa shape index (κ2) is 6.20. The molecule has 128 valence electrons. The number of aryl methyl sites for hydroxylation is 1. The van der Waals surface area contributed by atoms with Crippen LogP contribution in [0, 0.1) is 6.92 Å². The number of hydrogen-bond acceptors (Lipinski definition) is 4. The van der Waals surface area contributed by atoms with E-state index in [0.29, 0.717) is 5.56 Å². The summed E-state index contributed by atoms with van der Waals surface area (Å²) in [6, 6.07) is 9.80. The van der Waals surface area contributed by atoms with E-state index < -0.39 is 0 Å². The summed E-state index contributed by atoms with van der Waals surface area (Å²) in [6.45, 7) is 2.70. The van der Waals surface area contributed by atoms with Gasteiger partial charge in [0.1, 0.15) is 11.6 Å². The Hall–Kier alpha value is -2.89. The lowest BCUT2D eigenvalue weighted by Crippen LogP contribution is -2.30. The minimum Gasteiger partial charge on any atom is -0.373 e. The van der Waals surface area contributed by atoms with Crippen molar-refractivity contribution in [3.8, 4) is 0 Å². The quantitative estimate of drug-likeness (QED) is 0.770. The van der Waals surface area contributed by atoms with Crippen molar-refractivity contribution in [1.82, 2.24) is 19.9 Å². The fraction of sp³-hybridized carbons (Fsp3) is 0.316. The van der Waals surface area contributed by atoms with Gasteiger partial charge >= 0.3 is 0 Å². The second-order valence-corrected chi connectivity index (χ2v) is 6.44. The number of benzene rings is 1. The Labute approximate surface area is 146 Å². The predicted octanol–water partition coefficient (Wildman–Crippen LogP) is 3.29. The van der Waals surface area contributed by atoms with Crippen LogP contribution in [0.25, 0.3) is 11.0 Å². The molecule has 0 spiro atoms. The second-order valence-electron chi connectivity index (χ2n) is 6.44. The highest BCUT2D eigenvalue weighted by molar-refractivity contribution is 5.97. The SMILES string of the molecule is CNc1cc([C@H]2CCCN2C(=O)c2ccc3nc(C)[nH]c3c2)ccn1. The van der Waals surface area contributed by atoms with Gasteiger partial charge in [0.15, 0.2) is 0 Å². The fourth-order valence-electron chi connectivity index (χ4n) is 3.58. The van der Waals surface area contributed by atoms with Crippen LogP contribution in [0.5, 0.6) is 0 Å². The molecular formula is C19H21N5O. The number of nitrogens with one attached hydrogen (secondary N) is 2. The molecule has 1 amide bonds. The van der Waals surface area contributed by atoms with Gasteiger partial charge in [-0.2, -0.15) is 0 Å². The van der Waals surface area contributed by atoms with Gasteiger partial charge in [0, 0.05) is 25.4 Å². The Bertz CT molecular complexity index is 932. The van der Waals surface area contributed by atoms with Gasteiger partial charge in [0.05, 0.1) is 17.1 Å². The van der Waals surface area contributed by atoms with Crippen molar-refractivity contribution in [2.24, 2.45) is 0 Å². The van der Waals surface area contributed by atoms with Crippen molar-refractivity contribution in [3.63, 3.8) is 0 Å². The Kier molecular flexibility index (Phi) is 3.87. The van der Waals surface area contributed by atoms with E-state index >= 15 is 0 Å². The minimum absolute atomic E-state index is 0.0690. The summed E-state index contributed by atoms with van der Waals surface area (Å²) >= 11 is 0. The van der Waals surface area contributed by atoms with Gasteiger partial charge in [-0.05, 0) is 55.7 Å². The summed E-state index contributed by atoms with van der Waals surface area (Å²) in [5, 5.41) is 3.06. The normalized spacial score (nSPS) is 17.2. The molecule has 1 saturated heterocycles. The Balaban J connectivity index is 1.65. The van der Waals surface area contributed by atoms with E-state index in [-0.39, 0.29) is 11.9 Å². The summed E-state index contributed by atoms with van der Waals surface area (Å²) in [5.74, 6) is 1.75. The zero-order valence-corrected chi connectivity index (χ0v) is 14.4. The third kappa shape index (κ3) is 2.84. The smallest absolute Gasteiger partial charge is 0.254 e. The van der Waals surface area contributed by atoms with Crippen LogP contribution in [-0.2, 0) is 0 Å². The first-order valence-corrected chi connectivity index (χ1v) is 8.57. The first-order valence-electron chi connectivity index (χ1n) is 8.57. The lowest BCUT2D eigenvalue weighted by molar-refractivity contribution is 0.0736. The highest BCUT2D eigenvalue weighted by Gasteiger charge is 2.31. The molecule has 0 radical (unpaired) electrons. The Morgan fingerprint density at radius 3 is 3.04 bits per heavy atom. The van der Waals surface area contributed by atoms with Crippen LogP contribution < -0.4 is 5.32 Å². The highest BCUT2D eigenvalue weighted by Crippen LogP contribution is 2.34. The van der Waals surface area contributed by atoms with E-state index in [1.54, 1.807) is 6.20 Å². The van der Waals surface area contributed by atoms with Gasteiger partial charge < -0.3 is 15.2 Å². The van der Waals surface area contributed by atoms with E-state index in [1.807, 2.05) is 49.2 Å². The molecule has 1 atom stereocenters. The van der Waals surface area contributed by atoms with Gasteiger partial charge in [-0.1, -0.05) is 0 Å². The zero-order valence-electron chi connectivity index (χ0n) is 14.4. The molecule has 0 bridgehead atoms. The van der Waals surface area contributed by atoms with E-state index in [1.165, 1.54) is 0 Å². The van der Waals surface area contributed by atoms with Crippen LogP contribution in [0.4, 0.5) is 5.82 Å². The maximum absolute atomic E-state index is 13.1. The number of carbonyl (C=O) groups is 1. The summed E-state index contributed by atoms with van der Waals surface area (Å²) in [4.78, 5) is 26.9. The molecular weight excluding hydrogens is 314 g/mol. The number of hydrogen-bond donors (Lipinski definition) is 2. The number of amides is 1. The monoisotopic (exact) mass is 335 g/mol. The first-order chi connectivity index (χ1) is 12.2. The molecule has 1 aromatic carbocycles. The van der Waals surface area contributed by atoms with Crippen LogP contribution in [0.3, 0.4) is 0 Å². The van der Waals surface area contributed by atoms with E-state index in [0.717, 1.165) is 47.6 Å². The van der Waals surface area contributed by atoms with Crippen molar-refractivity contribution in [3.05, 3.63) is 53.5 Å². The van der Waals surface area contributed by atoms with E-state index in [9.17, 15) is 4.79 Å². The molecule has 1 fully saturated rings. The average Bonchev–Trinajstić information content (AvgIpc) is 3.26. The van der Waals surface area contributed by atoms with Gasteiger partial charge in [-0.25, -0.2) is 9.97 Å². The number of anilines is 1. The number of carbonyl (C=O) groups excluding carboxylic acids is 1. The number of imidazole rings is 1. The molecule has 1 aliphatic rings. The lowest BCUT2D eigenvalue weighted by atomic mass is 10.0. The number of nitrogens with zero attached hydrogens (tertiary/aromatic N) is 3. The van der Waals surface area contributed by atoms with Crippen molar-refractivity contribution >= 4 is 22.8 Å². The molecule has 3 heterocycles. The topological polar surface area (TPSA) is 73.9 Å². The Morgan fingerprint density at radius 1 is 1.32 bits per heavy atom. The first kappa shape index (κ1) is 15.6. The van der Waals surface area contributed by atoms with E-state index in [2.05, 4.69) is 20.3 Å². The molecule has 2 aromatic heterocycles. The molecule has 6 heteroatoms. The highest BCUT2D eigenvalue weighted by atomic mass is 16.2. The molecule has 6 nitrogen and oxygen atoms in total. The Morgan fingerprint density at radius 2 is 2.20 bits per heavy atom. The molecule has 3 aromatic rings. The van der Waals surface area contributed by atoms with Gasteiger partial charge in [-0.15, -0.1) is 0 Å². The van der Waals surface area contributed by atoms with Crippen molar-refractivity contribution < 1.29 is 4.79 Å². The molecule has 1 aliphatic heterocycles.